The summed E-state index contributed by atoms with van der Waals surface area (Å²) >= 11 is 15.8. The molecule has 0 spiro atoms. The zero-order valence-electron chi connectivity index (χ0n) is 18.2. The molecule has 0 radical (unpaired) electrons. The number of carboxylic acid groups (broad SMARTS) is 1. The monoisotopic (exact) mass is 558 g/mol. The Morgan fingerprint density at radius 1 is 1.09 bits per heavy atom. The van der Waals surface area contributed by atoms with Gasteiger partial charge in [-0.05, 0) is 44.2 Å². The van der Waals surface area contributed by atoms with Gasteiger partial charge in [-0.15, -0.1) is 23.2 Å². The molecule has 0 bridgehead atoms. The maximum Gasteiger partial charge on any atom is 0.417 e. The van der Waals surface area contributed by atoms with Gasteiger partial charge in [-0.25, -0.2) is 4.98 Å². The highest BCUT2D eigenvalue weighted by atomic mass is 35.5. The number of rotatable bonds is 9. The number of hydrogen-bond acceptors (Lipinski definition) is 6. The quantitative estimate of drug-likeness (QED) is 0.419. The van der Waals surface area contributed by atoms with Crippen LogP contribution in [0, 0.1) is 0 Å². The van der Waals surface area contributed by atoms with Crippen molar-refractivity contribution in [1.29, 1.82) is 0 Å². The van der Waals surface area contributed by atoms with Crippen LogP contribution in [-0.2, 0) is 20.6 Å². The zero-order chi connectivity index (χ0) is 26.8. The SMILES string of the molecule is CC(NC(=O)C(C)Oc1ccc(Oc2ncc(C(F)(F)F)cc2Cl)cc1)C(=O)O.O=C(CCl)CCl. The lowest BCUT2D eigenvalue weighted by Crippen LogP contribution is -2.44. The molecule has 2 atom stereocenters. The number of pyridine rings is 1. The topological polar surface area (TPSA) is 115 Å². The molecule has 0 aliphatic carbocycles. The maximum atomic E-state index is 12.6. The van der Waals surface area contributed by atoms with Crippen molar-refractivity contribution in [3.05, 3.63) is 47.1 Å². The van der Waals surface area contributed by atoms with E-state index in [4.69, 9.17) is 49.4 Å². The Balaban J connectivity index is 0.000000905. The molecule has 1 aromatic carbocycles. The van der Waals surface area contributed by atoms with Gasteiger partial charge in [0.25, 0.3) is 5.91 Å². The second kappa shape index (κ2) is 14.0. The van der Waals surface area contributed by atoms with Gasteiger partial charge in [0.05, 0.1) is 17.3 Å². The van der Waals surface area contributed by atoms with Gasteiger partial charge in [-0.1, -0.05) is 11.6 Å². The first kappa shape index (κ1) is 30.3. The number of amides is 1. The minimum atomic E-state index is -4.57. The van der Waals surface area contributed by atoms with Crippen molar-refractivity contribution in [1.82, 2.24) is 10.3 Å². The third kappa shape index (κ3) is 10.6. The Labute approximate surface area is 213 Å². The van der Waals surface area contributed by atoms with E-state index in [9.17, 15) is 27.6 Å². The number of carbonyl (C=O) groups is 3. The van der Waals surface area contributed by atoms with Gasteiger partial charge in [0, 0.05) is 6.20 Å². The van der Waals surface area contributed by atoms with E-state index in [0.29, 0.717) is 12.3 Å². The number of carbonyl (C=O) groups excluding carboxylic acids is 2. The fraction of sp³-hybridized carbons (Fsp3) is 0.333. The summed E-state index contributed by atoms with van der Waals surface area (Å²) in [7, 11) is 0. The molecule has 2 unspecified atom stereocenters. The number of aliphatic carboxylic acids is 1. The van der Waals surface area contributed by atoms with Crippen LogP contribution >= 0.6 is 34.8 Å². The number of ether oxygens (including phenoxy) is 2. The molecule has 2 N–H and O–H groups in total. The van der Waals surface area contributed by atoms with Crippen LogP contribution in [0.3, 0.4) is 0 Å². The number of Topliss-reactive ketones (excluding diaryl/α,β-unsaturated/α-hetero) is 1. The fourth-order valence-electron chi connectivity index (χ4n) is 2.04. The Morgan fingerprint density at radius 2 is 1.63 bits per heavy atom. The standard InChI is InChI=1S/C18H16ClF3N2O5.C3H4Cl2O/c1-9(17(26)27)24-15(25)10(2)28-12-3-5-13(6-4-12)29-16-14(19)7-11(8-23-16)18(20,21)22;4-1-3(6)2-5/h3-10H,1-2H3,(H,24,25)(H,26,27);1-2H2. The number of benzene rings is 1. The molecule has 0 fully saturated rings. The first-order valence-electron chi connectivity index (χ1n) is 9.62. The molecule has 192 valence electrons. The van der Waals surface area contributed by atoms with Gasteiger partial charge >= 0.3 is 12.1 Å². The molecule has 35 heavy (non-hydrogen) atoms. The predicted molar refractivity (Wildman–Crippen MR) is 123 cm³/mol. The summed E-state index contributed by atoms with van der Waals surface area (Å²) in [5.74, 6) is -1.55. The highest BCUT2D eigenvalue weighted by Crippen LogP contribution is 2.34. The van der Waals surface area contributed by atoms with E-state index in [1.165, 1.54) is 38.1 Å². The third-order valence-electron chi connectivity index (χ3n) is 3.88. The predicted octanol–water partition coefficient (Wildman–Crippen LogP) is 4.94. The van der Waals surface area contributed by atoms with Crippen LogP contribution in [-0.4, -0.2) is 51.7 Å². The molecule has 0 aliphatic heterocycles. The van der Waals surface area contributed by atoms with Gasteiger partial charge in [0.1, 0.15) is 22.6 Å². The summed E-state index contributed by atoms with van der Waals surface area (Å²) < 4.78 is 48.7. The van der Waals surface area contributed by atoms with Crippen LogP contribution in [0.5, 0.6) is 17.4 Å². The minimum absolute atomic E-state index is 0.0312. The van der Waals surface area contributed by atoms with Crippen molar-refractivity contribution in [2.45, 2.75) is 32.2 Å². The number of nitrogens with zero attached hydrogens (tertiary/aromatic N) is 1. The van der Waals surface area contributed by atoms with E-state index in [2.05, 4.69) is 10.3 Å². The summed E-state index contributed by atoms with van der Waals surface area (Å²) in [6.07, 6.45) is -4.93. The summed E-state index contributed by atoms with van der Waals surface area (Å²) in [5.41, 5.74) is -0.997. The molecule has 14 heteroatoms. The van der Waals surface area contributed by atoms with E-state index in [0.717, 1.165) is 0 Å². The van der Waals surface area contributed by atoms with Crippen LogP contribution in [0.4, 0.5) is 13.2 Å². The van der Waals surface area contributed by atoms with Crippen LogP contribution in [0.2, 0.25) is 5.02 Å². The zero-order valence-corrected chi connectivity index (χ0v) is 20.5. The van der Waals surface area contributed by atoms with E-state index in [1.54, 1.807) is 0 Å². The Kier molecular flexibility index (Phi) is 12.1. The smallest absolute Gasteiger partial charge is 0.417 e. The van der Waals surface area contributed by atoms with Crippen LogP contribution < -0.4 is 14.8 Å². The van der Waals surface area contributed by atoms with Gasteiger partial charge in [0.15, 0.2) is 11.9 Å². The number of nitrogens with one attached hydrogen (secondary N) is 1. The van der Waals surface area contributed by atoms with Crippen molar-refractivity contribution < 1.29 is 42.1 Å². The number of halogens is 6. The van der Waals surface area contributed by atoms with E-state index < -0.39 is 35.8 Å². The lowest BCUT2D eigenvalue weighted by Gasteiger charge is -2.16. The molecule has 2 aromatic rings. The normalized spacial score (nSPS) is 12.5. The first-order chi connectivity index (χ1) is 16.3. The van der Waals surface area contributed by atoms with Gasteiger partial charge in [-0.3, -0.25) is 14.4 Å². The van der Waals surface area contributed by atoms with Crippen molar-refractivity contribution in [3.63, 3.8) is 0 Å². The average molecular weight is 560 g/mol. The molecular weight excluding hydrogens is 540 g/mol. The summed E-state index contributed by atoms with van der Waals surface area (Å²) in [5, 5.41) is 10.8. The van der Waals surface area contributed by atoms with Gasteiger partial charge in [-0.2, -0.15) is 13.2 Å². The molecule has 8 nitrogen and oxygen atoms in total. The molecule has 1 heterocycles. The average Bonchev–Trinajstić information content (AvgIpc) is 2.80. The Hall–Kier alpha value is -2.76. The van der Waals surface area contributed by atoms with Crippen LogP contribution in [0.25, 0.3) is 0 Å². The van der Waals surface area contributed by atoms with Gasteiger partial charge in [0.2, 0.25) is 5.88 Å². The molecule has 1 aromatic heterocycles. The van der Waals surface area contributed by atoms with Crippen LogP contribution in [0.15, 0.2) is 36.5 Å². The molecule has 2 rings (SSSR count). The largest absolute Gasteiger partial charge is 0.481 e. The molecule has 1 amide bonds. The lowest BCUT2D eigenvalue weighted by molar-refractivity contribution is -0.142. The Bertz CT molecular complexity index is 1020. The molecular formula is C21H20Cl3F3N2O6. The van der Waals surface area contributed by atoms with E-state index >= 15 is 0 Å². The Morgan fingerprint density at radius 3 is 2.06 bits per heavy atom. The number of carboxylic acids is 1. The van der Waals surface area contributed by atoms with Crippen molar-refractivity contribution >= 4 is 52.5 Å². The number of hydrogen-bond donors (Lipinski definition) is 2. The summed E-state index contributed by atoms with van der Waals surface area (Å²) in [6, 6.07) is 5.44. The van der Waals surface area contributed by atoms with Crippen molar-refractivity contribution in [2.75, 3.05) is 11.8 Å². The maximum absolute atomic E-state index is 12.6. The molecule has 0 saturated heterocycles. The second-order valence-corrected chi connectivity index (χ2v) is 7.66. The molecule has 0 saturated carbocycles. The van der Waals surface area contributed by atoms with Crippen LogP contribution in [0.1, 0.15) is 19.4 Å². The number of aromatic nitrogens is 1. The van der Waals surface area contributed by atoms with E-state index in [-0.39, 0.29) is 39.9 Å². The fourth-order valence-corrected chi connectivity index (χ4v) is 2.53. The minimum Gasteiger partial charge on any atom is -0.481 e. The molecule has 0 aliphatic rings. The lowest BCUT2D eigenvalue weighted by atomic mass is 10.3. The first-order valence-corrected chi connectivity index (χ1v) is 11.1. The summed E-state index contributed by atoms with van der Waals surface area (Å²) in [6.45, 7) is 2.76. The number of ketones is 1. The van der Waals surface area contributed by atoms with Gasteiger partial charge < -0.3 is 19.9 Å². The van der Waals surface area contributed by atoms with Crippen molar-refractivity contribution in [3.8, 4) is 17.4 Å². The second-order valence-electron chi connectivity index (χ2n) is 6.72. The van der Waals surface area contributed by atoms with E-state index in [1.807, 2.05) is 0 Å². The third-order valence-corrected chi connectivity index (χ3v) is 4.75. The number of alkyl halides is 5. The van der Waals surface area contributed by atoms with Crippen molar-refractivity contribution in [2.24, 2.45) is 0 Å². The highest BCUT2D eigenvalue weighted by Gasteiger charge is 2.31. The highest BCUT2D eigenvalue weighted by molar-refractivity contribution is 6.35. The summed E-state index contributed by atoms with van der Waals surface area (Å²) in [4.78, 5) is 36.1.